The summed E-state index contributed by atoms with van der Waals surface area (Å²) >= 11 is 0. The van der Waals surface area contributed by atoms with E-state index in [-0.39, 0.29) is 5.69 Å². The fourth-order valence-electron chi connectivity index (χ4n) is 3.08. The maximum atomic E-state index is 12.2. The summed E-state index contributed by atoms with van der Waals surface area (Å²) in [6.07, 6.45) is 7.08. The third-order valence-corrected chi connectivity index (χ3v) is 4.04. The van der Waals surface area contributed by atoms with Crippen LogP contribution in [0.1, 0.15) is 50.1 Å². The smallest absolute Gasteiger partial charge is 0.305 e. The molecule has 1 aliphatic carbocycles. The Labute approximate surface area is 111 Å². The predicted octanol–water partition coefficient (Wildman–Crippen LogP) is 3.10. The van der Waals surface area contributed by atoms with Gasteiger partial charge in [-0.2, -0.15) is 5.26 Å². The highest BCUT2D eigenvalue weighted by Gasteiger charge is 2.18. The number of nitrogens with zero attached hydrogens (tertiary/aromatic N) is 2. The molecular weight excluding hydrogens is 238 g/mol. The van der Waals surface area contributed by atoms with Crippen molar-refractivity contribution in [2.45, 2.75) is 44.6 Å². The molecule has 1 saturated carbocycles. The molecule has 0 aliphatic heterocycles. The molecule has 0 amide bonds. The number of hydrogen-bond acceptors (Lipinski definition) is 2. The zero-order valence-electron chi connectivity index (χ0n) is 10.9. The van der Waals surface area contributed by atoms with E-state index in [1.165, 1.54) is 25.7 Å². The molecule has 4 heteroatoms. The Hall–Kier alpha value is -2.02. The van der Waals surface area contributed by atoms with E-state index in [2.05, 4.69) is 11.1 Å². The topological polar surface area (TPSA) is 61.6 Å². The number of benzene rings is 1. The van der Waals surface area contributed by atoms with Crippen molar-refractivity contribution in [2.75, 3.05) is 0 Å². The van der Waals surface area contributed by atoms with Crippen molar-refractivity contribution >= 4 is 11.0 Å². The molecule has 3 rings (SSSR count). The lowest BCUT2D eigenvalue weighted by atomic mass is 10.1. The minimum Gasteiger partial charge on any atom is -0.305 e. The SMILES string of the molecule is N#Cc1ccc2c(c1)[nH]c(=O)n2C1CCCCCC1. The summed E-state index contributed by atoms with van der Waals surface area (Å²) in [5, 5.41) is 8.91. The first-order valence-corrected chi connectivity index (χ1v) is 6.94. The minimum atomic E-state index is -0.0445. The van der Waals surface area contributed by atoms with Gasteiger partial charge >= 0.3 is 5.69 Å². The van der Waals surface area contributed by atoms with Gasteiger partial charge in [0.1, 0.15) is 0 Å². The molecule has 4 nitrogen and oxygen atoms in total. The normalized spacial score (nSPS) is 17.2. The molecule has 1 N–H and O–H groups in total. The summed E-state index contributed by atoms with van der Waals surface area (Å²) < 4.78 is 1.89. The molecule has 0 spiro atoms. The van der Waals surface area contributed by atoms with E-state index < -0.39 is 0 Å². The van der Waals surface area contributed by atoms with Crippen LogP contribution < -0.4 is 5.69 Å². The molecule has 0 saturated heterocycles. The van der Waals surface area contributed by atoms with E-state index in [0.717, 1.165) is 23.9 Å². The Balaban J connectivity index is 2.10. The molecule has 0 atom stereocenters. The molecule has 1 aromatic heterocycles. The van der Waals surface area contributed by atoms with Gasteiger partial charge in [0.05, 0.1) is 22.7 Å². The fraction of sp³-hybridized carbons (Fsp3) is 0.467. The van der Waals surface area contributed by atoms with Crippen LogP contribution >= 0.6 is 0 Å². The Morgan fingerprint density at radius 2 is 1.95 bits per heavy atom. The third kappa shape index (κ3) is 2.17. The van der Waals surface area contributed by atoms with Gasteiger partial charge in [-0.1, -0.05) is 25.7 Å². The zero-order valence-corrected chi connectivity index (χ0v) is 10.9. The fourth-order valence-corrected chi connectivity index (χ4v) is 3.08. The van der Waals surface area contributed by atoms with Gasteiger partial charge in [0.25, 0.3) is 0 Å². The van der Waals surface area contributed by atoms with E-state index in [4.69, 9.17) is 5.26 Å². The van der Waals surface area contributed by atoms with Crippen molar-refractivity contribution in [1.29, 1.82) is 5.26 Å². The number of fused-ring (bicyclic) bond motifs is 1. The maximum absolute atomic E-state index is 12.2. The van der Waals surface area contributed by atoms with Crippen molar-refractivity contribution < 1.29 is 0 Å². The number of nitrogens with one attached hydrogen (secondary N) is 1. The molecule has 0 bridgehead atoms. The summed E-state index contributed by atoms with van der Waals surface area (Å²) in [5.41, 5.74) is 2.24. The van der Waals surface area contributed by atoms with Crippen LogP contribution in [-0.4, -0.2) is 9.55 Å². The second kappa shape index (κ2) is 4.93. The molecule has 0 radical (unpaired) electrons. The zero-order chi connectivity index (χ0) is 13.2. The van der Waals surface area contributed by atoms with Crippen LogP contribution in [-0.2, 0) is 0 Å². The Morgan fingerprint density at radius 1 is 1.21 bits per heavy atom. The van der Waals surface area contributed by atoms with Crippen LogP contribution in [0.3, 0.4) is 0 Å². The first-order valence-electron chi connectivity index (χ1n) is 6.94. The highest BCUT2D eigenvalue weighted by Crippen LogP contribution is 2.28. The average molecular weight is 255 g/mol. The number of H-pyrrole nitrogens is 1. The van der Waals surface area contributed by atoms with Gasteiger partial charge < -0.3 is 4.98 Å². The van der Waals surface area contributed by atoms with Crippen molar-refractivity contribution in [2.24, 2.45) is 0 Å². The largest absolute Gasteiger partial charge is 0.326 e. The second-order valence-corrected chi connectivity index (χ2v) is 5.29. The molecule has 1 heterocycles. The van der Waals surface area contributed by atoms with Gasteiger partial charge in [-0.3, -0.25) is 4.57 Å². The number of aromatic amines is 1. The Bertz CT molecular complexity index is 681. The number of hydrogen-bond donors (Lipinski definition) is 1. The summed E-state index contributed by atoms with van der Waals surface area (Å²) in [6.45, 7) is 0. The van der Waals surface area contributed by atoms with E-state index in [9.17, 15) is 4.79 Å². The lowest BCUT2D eigenvalue weighted by Gasteiger charge is -2.15. The third-order valence-electron chi connectivity index (χ3n) is 4.04. The predicted molar refractivity (Wildman–Crippen MR) is 74.0 cm³/mol. The van der Waals surface area contributed by atoms with Crippen LogP contribution in [0.4, 0.5) is 0 Å². The first-order chi connectivity index (χ1) is 9.29. The van der Waals surface area contributed by atoms with Gasteiger partial charge in [0.15, 0.2) is 0 Å². The van der Waals surface area contributed by atoms with Crippen LogP contribution in [0, 0.1) is 11.3 Å². The lowest BCUT2D eigenvalue weighted by molar-refractivity contribution is 0.444. The Kier molecular flexibility index (Phi) is 3.12. The number of imidazole rings is 1. The lowest BCUT2D eigenvalue weighted by Crippen LogP contribution is -2.21. The molecule has 1 aliphatic rings. The molecule has 98 valence electrons. The van der Waals surface area contributed by atoms with Crippen molar-refractivity contribution in [3.8, 4) is 6.07 Å². The number of nitriles is 1. The second-order valence-electron chi connectivity index (χ2n) is 5.29. The first kappa shape index (κ1) is 12.0. The minimum absolute atomic E-state index is 0.0445. The van der Waals surface area contributed by atoms with E-state index in [1.54, 1.807) is 12.1 Å². The van der Waals surface area contributed by atoms with Crippen LogP contribution in [0.25, 0.3) is 11.0 Å². The molecule has 2 aromatic rings. The van der Waals surface area contributed by atoms with E-state index in [0.29, 0.717) is 11.6 Å². The molecule has 19 heavy (non-hydrogen) atoms. The Morgan fingerprint density at radius 3 is 2.63 bits per heavy atom. The summed E-state index contributed by atoms with van der Waals surface area (Å²) in [4.78, 5) is 15.1. The highest BCUT2D eigenvalue weighted by atomic mass is 16.1. The van der Waals surface area contributed by atoms with E-state index >= 15 is 0 Å². The van der Waals surface area contributed by atoms with Crippen molar-refractivity contribution in [3.63, 3.8) is 0 Å². The number of rotatable bonds is 1. The number of aromatic nitrogens is 2. The highest BCUT2D eigenvalue weighted by molar-refractivity contribution is 5.77. The summed E-state index contributed by atoms with van der Waals surface area (Å²) in [7, 11) is 0. The van der Waals surface area contributed by atoms with E-state index in [1.807, 2.05) is 10.6 Å². The maximum Gasteiger partial charge on any atom is 0.326 e. The van der Waals surface area contributed by atoms with Crippen LogP contribution in [0.15, 0.2) is 23.0 Å². The summed E-state index contributed by atoms with van der Waals surface area (Å²) in [6, 6.07) is 7.83. The monoisotopic (exact) mass is 255 g/mol. The standard InChI is InChI=1S/C15H17N3O/c16-10-11-7-8-14-13(9-11)17-15(19)18(14)12-5-3-1-2-4-6-12/h7-9,12H,1-6H2,(H,17,19). The molecule has 1 aromatic carbocycles. The van der Waals surface area contributed by atoms with Crippen molar-refractivity contribution in [1.82, 2.24) is 9.55 Å². The summed E-state index contributed by atoms with van der Waals surface area (Å²) in [5.74, 6) is 0. The van der Waals surface area contributed by atoms with Crippen LogP contribution in [0.5, 0.6) is 0 Å². The van der Waals surface area contributed by atoms with Gasteiger partial charge in [-0.15, -0.1) is 0 Å². The van der Waals surface area contributed by atoms with Crippen molar-refractivity contribution in [3.05, 3.63) is 34.2 Å². The van der Waals surface area contributed by atoms with Crippen LogP contribution in [0.2, 0.25) is 0 Å². The average Bonchev–Trinajstić information content (AvgIpc) is 2.61. The molecular formula is C15H17N3O. The van der Waals surface area contributed by atoms with Gasteiger partial charge in [0, 0.05) is 6.04 Å². The van der Waals surface area contributed by atoms with Gasteiger partial charge in [0.2, 0.25) is 0 Å². The van der Waals surface area contributed by atoms with Gasteiger partial charge in [-0.05, 0) is 31.0 Å². The quantitative estimate of drug-likeness (QED) is 0.796. The molecule has 1 fully saturated rings. The van der Waals surface area contributed by atoms with Gasteiger partial charge in [-0.25, -0.2) is 4.79 Å². The molecule has 0 unspecified atom stereocenters.